The maximum atomic E-state index is 11.6. The molecule has 0 aromatic carbocycles. The van der Waals surface area contributed by atoms with E-state index in [1.165, 1.54) is 4.88 Å². The topological polar surface area (TPSA) is 78.4 Å². The van der Waals surface area contributed by atoms with E-state index in [2.05, 4.69) is 26.6 Å². The minimum absolute atomic E-state index is 0.0173. The summed E-state index contributed by atoms with van der Waals surface area (Å²) in [5.74, 6) is -1.46. The highest BCUT2D eigenvalue weighted by atomic mass is 79.9. The lowest BCUT2D eigenvalue weighted by molar-refractivity contribution is -0.142. The molecule has 1 rings (SSSR count). The van der Waals surface area contributed by atoms with Gasteiger partial charge in [-0.3, -0.25) is 4.79 Å². The van der Waals surface area contributed by atoms with Gasteiger partial charge in [-0.2, -0.15) is 0 Å². The van der Waals surface area contributed by atoms with Gasteiger partial charge in [0, 0.05) is 18.0 Å². The van der Waals surface area contributed by atoms with Crippen LogP contribution in [0.4, 0.5) is 4.79 Å². The summed E-state index contributed by atoms with van der Waals surface area (Å²) < 4.78 is 1.07. The second kappa shape index (κ2) is 8.26. The van der Waals surface area contributed by atoms with Crippen molar-refractivity contribution in [2.75, 3.05) is 13.1 Å². The molecule has 0 saturated carbocycles. The highest BCUT2D eigenvalue weighted by Gasteiger charge is 2.21. The van der Waals surface area contributed by atoms with Gasteiger partial charge in [0.2, 0.25) is 0 Å². The zero-order valence-electron chi connectivity index (χ0n) is 11.5. The van der Waals surface area contributed by atoms with Crippen molar-refractivity contribution in [2.24, 2.45) is 11.8 Å². The molecule has 0 fully saturated rings. The number of aliphatic carboxylic acids is 1. The Morgan fingerprint density at radius 2 is 2.05 bits per heavy atom. The van der Waals surface area contributed by atoms with Crippen molar-refractivity contribution in [3.63, 3.8) is 0 Å². The molecule has 0 bridgehead atoms. The second-order valence-electron chi connectivity index (χ2n) is 4.78. The molecule has 1 aromatic rings. The Hall–Kier alpha value is -1.08. The third kappa shape index (κ3) is 5.92. The average Bonchev–Trinajstić information content (AvgIpc) is 2.74. The predicted octanol–water partition coefficient (Wildman–Crippen LogP) is 2.71. The van der Waals surface area contributed by atoms with Crippen molar-refractivity contribution in [1.82, 2.24) is 10.6 Å². The van der Waals surface area contributed by atoms with Crippen LogP contribution in [-0.4, -0.2) is 30.2 Å². The van der Waals surface area contributed by atoms with E-state index in [1.807, 2.05) is 26.0 Å². The van der Waals surface area contributed by atoms with Crippen molar-refractivity contribution < 1.29 is 14.7 Å². The van der Waals surface area contributed by atoms with Crippen molar-refractivity contribution >= 4 is 39.3 Å². The number of carboxylic acids is 1. The van der Waals surface area contributed by atoms with Crippen LogP contribution in [0, 0.1) is 11.8 Å². The van der Waals surface area contributed by atoms with Gasteiger partial charge in [-0.05, 0) is 40.4 Å². The summed E-state index contributed by atoms with van der Waals surface area (Å²) >= 11 is 5.02. The van der Waals surface area contributed by atoms with Gasteiger partial charge < -0.3 is 15.7 Å². The molecule has 2 amide bonds. The minimum atomic E-state index is -0.885. The van der Waals surface area contributed by atoms with Gasteiger partial charge in [-0.1, -0.05) is 13.8 Å². The molecule has 0 radical (unpaired) electrons. The van der Waals surface area contributed by atoms with E-state index in [1.54, 1.807) is 11.3 Å². The zero-order valence-corrected chi connectivity index (χ0v) is 13.9. The number of nitrogens with one attached hydrogen (secondary N) is 2. The van der Waals surface area contributed by atoms with E-state index in [0.29, 0.717) is 6.54 Å². The molecule has 5 nitrogen and oxygen atoms in total. The maximum Gasteiger partial charge on any atom is 0.314 e. The predicted molar refractivity (Wildman–Crippen MR) is 83.1 cm³/mol. The Kier molecular flexibility index (Phi) is 7.01. The van der Waals surface area contributed by atoms with Crippen molar-refractivity contribution in [2.45, 2.75) is 20.3 Å². The molecule has 0 saturated heterocycles. The third-order valence-electron chi connectivity index (χ3n) is 2.89. The summed E-state index contributed by atoms with van der Waals surface area (Å²) in [6.07, 6.45) is 0.760. The fourth-order valence-corrected chi connectivity index (χ4v) is 3.14. The van der Waals surface area contributed by atoms with Crippen molar-refractivity contribution in [3.05, 3.63) is 20.8 Å². The van der Waals surface area contributed by atoms with Crippen LogP contribution in [0.1, 0.15) is 18.7 Å². The first-order chi connectivity index (χ1) is 9.40. The molecule has 0 spiro atoms. The molecule has 1 atom stereocenters. The molecule has 0 aliphatic heterocycles. The second-order valence-corrected chi connectivity index (χ2v) is 7.33. The van der Waals surface area contributed by atoms with Crippen LogP contribution in [0.2, 0.25) is 0 Å². The number of carboxylic acid groups (broad SMARTS) is 1. The molecule has 0 aliphatic rings. The van der Waals surface area contributed by atoms with Gasteiger partial charge in [-0.25, -0.2) is 4.79 Å². The molecule has 20 heavy (non-hydrogen) atoms. The summed E-state index contributed by atoms with van der Waals surface area (Å²) in [4.78, 5) is 23.7. The SMILES string of the molecule is CC(C)C(CNC(=O)NCCc1ccc(Br)s1)C(=O)O. The number of urea groups is 1. The van der Waals surface area contributed by atoms with Gasteiger partial charge in [0.05, 0.1) is 9.70 Å². The van der Waals surface area contributed by atoms with Gasteiger partial charge in [0.25, 0.3) is 0 Å². The lowest BCUT2D eigenvalue weighted by Crippen LogP contribution is -2.41. The first-order valence-corrected chi connectivity index (χ1v) is 7.99. The Labute approximate surface area is 130 Å². The lowest BCUT2D eigenvalue weighted by Gasteiger charge is -2.16. The highest BCUT2D eigenvalue weighted by Crippen LogP contribution is 2.21. The van der Waals surface area contributed by atoms with Crippen LogP contribution in [0.25, 0.3) is 0 Å². The molecule has 1 heterocycles. The summed E-state index contributed by atoms with van der Waals surface area (Å²) in [7, 11) is 0. The summed E-state index contributed by atoms with van der Waals surface area (Å²) in [5, 5.41) is 14.3. The van der Waals surface area contributed by atoms with Gasteiger partial charge in [0.15, 0.2) is 0 Å². The number of hydrogen-bond acceptors (Lipinski definition) is 3. The maximum absolute atomic E-state index is 11.6. The third-order valence-corrected chi connectivity index (χ3v) is 4.57. The summed E-state index contributed by atoms with van der Waals surface area (Å²) in [6.45, 7) is 4.32. The molecule has 7 heteroatoms. The largest absolute Gasteiger partial charge is 0.481 e. The van der Waals surface area contributed by atoms with Crippen LogP contribution in [-0.2, 0) is 11.2 Å². The van der Waals surface area contributed by atoms with Crippen molar-refractivity contribution in [1.29, 1.82) is 0 Å². The van der Waals surface area contributed by atoms with E-state index in [9.17, 15) is 9.59 Å². The monoisotopic (exact) mass is 362 g/mol. The fraction of sp³-hybridized carbons (Fsp3) is 0.538. The van der Waals surface area contributed by atoms with E-state index in [4.69, 9.17) is 5.11 Å². The van der Waals surface area contributed by atoms with Crippen LogP contribution >= 0.6 is 27.3 Å². The number of thiophene rings is 1. The molecule has 1 aromatic heterocycles. The van der Waals surface area contributed by atoms with E-state index < -0.39 is 11.9 Å². The molecule has 3 N–H and O–H groups in total. The fourth-order valence-electron chi connectivity index (χ4n) is 1.66. The molecular weight excluding hydrogens is 344 g/mol. The Bertz CT molecular complexity index is 462. The Morgan fingerprint density at radius 1 is 1.35 bits per heavy atom. The summed E-state index contributed by atoms with van der Waals surface area (Å²) in [5.41, 5.74) is 0. The molecule has 0 aliphatic carbocycles. The first kappa shape index (κ1) is 17.0. The van der Waals surface area contributed by atoms with E-state index in [0.717, 1.165) is 10.2 Å². The average molecular weight is 363 g/mol. The first-order valence-electron chi connectivity index (χ1n) is 6.39. The minimum Gasteiger partial charge on any atom is -0.481 e. The van der Waals surface area contributed by atoms with Gasteiger partial charge in [-0.15, -0.1) is 11.3 Å². The number of rotatable bonds is 7. The van der Waals surface area contributed by atoms with Crippen LogP contribution in [0.15, 0.2) is 15.9 Å². The zero-order chi connectivity index (χ0) is 15.1. The smallest absolute Gasteiger partial charge is 0.314 e. The number of hydrogen-bond donors (Lipinski definition) is 3. The standard InChI is InChI=1S/C13H19BrN2O3S/c1-8(2)10(12(17)18)7-16-13(19)15-6-5-9-3-4-11(14)20-9/h3-4,8,10H,5-7H2,1-2H3,(H,17,18)(H2,15,16,19). The molecule has 112 valence electrons. The Balaban J connectivity index is 2.24. The highest BCUT2D eigenvalue weighted by molar-refractivity contribution is 9.11. The van der Waals surface area contributed by atoms with Crippen LogP contribution in [0.5, 0.6) is 0 Å². The quantitative estimate of drug-likeness (QED) is 0.697. The Morgan fingerprint density at radius 3 is 2.55 bits per heavy atom. The van der Waals surface area contributed by atoms with E-state index in [-0.39, 0.29) is 18.5 Å². The van der Waals surface area contributed by atoms with E-state index >= 15 is 0 Å². The molecule has 1 unspecified atom stereocenters. The normalized spacial score (nSPS) is 12.2. The number of halogens is 1. The van der Waals surface area contributed by atoms with Crippen molar-refractivity contribution in [3.8, 4) is 0 Å². The number of amides is 2. The van der Waals surface area contributed by atoms with Gasteiger partial charge >= 0.3 is 12.0 Å². The lowest BCUT2D eigenvalue weighted by atomic mass is 9.96. The molecular formula is C13H19BrN2O3S. The number of carbonyl (C=O) groups excluding carboxylic acids is 1. The van der Waals surface area contributed by atoms with Gasteiger partial charge in [0.1, 0.15) is 0 Å². The summed E-state index contributed by atoms with van der Waals surface area (Å²) in [6, 6.07) is 3.65. The number of carbonyl (C=O) groups is 2. The van der Waals surface area contributed by atoms with Crippen LogP contribution < -0.4 is 10.6 Å². The van der Waals surface area contributed by atoms with Crippen LogP contribution in [0.3, 0.4) is 0 Å².